The second-order valence-corrected chi connectivity index (χ2v) is 8.11. The lowest BCUT2D eigenvalue weighted by atomic mass is 9.80. The minimum atomic E-state index is -0.524. The molecule has 3 atom stereocenters. The number of likely N-dealkylation sites (N-methyl/N-ethyl adjacent to an activating group) is 1. The Morgan fingerprint density at radius 3 is 2.55 bits per heavy atom. The van der Waals surface area contributed by atoms with Crippen LogP contribution in [0.25, 0.3) is 0 Å². The molecule has 6 nitrogen and oxygen atoms in total. The van der Waals surface area contributed by atoms with Gasteiger partial charge in [0.2, 0.25) is 6.29 Å². The fraction of sp³-hybridized carbons (Fsp3) is 0.591. The number of amides is 1. The highest BCUT2D eigenvalue weighted by atomic mass is 35.5. The minimum absolute atomic E-state index is 0.00677. The molecule has 160 valence electrons. The van der Waals surface area contributed by atoms with E-state index in [1.54, 1.807) is 0 Å². The van der Waals surface area contributed by atoms with Crippen molar-refractivity contribution < 1.29 is 19.4 Å². The number of piperazine rings is 1. The predicted octanol–water partition coefficient (Wildman–Crippen LogP) is 2.86. The predicted molar refractivity (Wildman–Crippen MR) is 113 cm³/mol. The molecule has 2 heterocycles. The Morgan fingerprint density at radius 1 is 1.24 bits per heavy atom. The summed E-state index contributed by atoms with van der Waals surface area (Å²) in [6.07, 6.45) is 2.79. The van der Waals surface area contributed by atoms with E-state index in [9.17, 15) is 9.90 Å². The molecule has 1 aromatic carbocycles. The molecule has 0 unspecified atom stereocenters. The van der Waals surface area contributed by atoms with Gasteiger partial charge >= 0.3 is 0 Å². The van der Waals surface area contributed by atoms with Gasteiger partial charge in [0.25, 0.3) is 5.91 Å². The number of hydrogen-bond acceptors (Lipinski definition) is 5. The van der Waals surface area contributed by atoms with E-state index in [1.807, 2.05) is 42.2 Å². The van der Waals surface area contributed by atoms with E-state index < -0.39 is 6.29 Å². The fourth-order valence-electron chi connectivity index (χ4n) is 3.99. The van der Waals surface area contributed by atoms with Crippen molar-refractivity contribution >= 4 is 17.5 Å². The van der Waals surface area contributed by atoms with Crippen LogP contribution in [0.15, 0.2) is 36.1 Å². The number of carbonyl (C=O) groups is 1. The van der Waals surface area contributed by atoms with E-state index in [0.29, 0.717) is 36.9 Å². The molecule has 2 aliphatic heterocycles. The minimum Gasteiger partial charge on any atom is -0.459 e. The molecule has 0 radical (unpaired) electrons. The number of hydrogen-bond donors (Lipinski definition) is 1. The monoisotopic (exact) mass is 422 g/mol. The first-order valence-electron chi connectivity index (χ1n) is 10.4. The molecule has 0 spiro atoms. The van der Waals surface area contributed by atoms with Crippen molar-refractivity contribution in [2.75, 3.05) is 46.4 Å². The van der Waals surface area contributed by atoms with E-state index in [1.165, 1.54) is 0 Å². The zero-order valence-corrected chi connectivity index (χ0v) is 18.0. The van der Waals surface area contributed by atoms with Gasteiger partial charge in [-0.2, -0.15) is 0 Å². The largest absolute Gasteiger partial charge is 0.459 e. The second kappa shape index (κ2) is 10.4. The van der Waals surface area contributed by atoms with E-state index in [2.05, 4.69) is 11.9 Å². The molecule has 0 aliphatic carbocycles. The maximum absolute atomic E-state index is 13.2. The molecular formula is C22H31ClN2O4. The summed E-state index contributed by atoms with van der Waals surface area (Å²) in [5.41, 5.74) is 1.06. The highest BCUT2D eigenvalue weighted by Gasteiger charge is 2.39. The third-order valence-corrected chi connectivity index (χ3v) is 5.92. The van der Waals surface area contributed by atoms with Gasteiger partial charge in [0.1, 0.15) is 0 Å². The number of carbonyl (C=O) groups excluding carboxylic acids is 1. The summed E-state index contributed by atoms with van der Waals surface area (Å²) in [4.78, 5) is 17.2. The molecule has 1 amide bonds. The number of ether oxygens (including phenoxy) is 2. The summed E-state index contributed by atoms with van der Waals surface area (Å²) in [5, 5.41) is 10.0. The van der Waals surface area contributed by atoms with Crippen LogP contribution in [0.1, 0.15) is 31.2 Å². The summed E-state index contributed by atoms with van der Waals surface area (Å²) < 4.78 is 12.0. The van der Waals surface area contributed by atoms with Gasteiger partial charge in [0.15, 0.2) is 5.76 Å². The van der Waals surface area contributed by atoms with Gasteiger partial charge in [-0.1, -0.05) is 23.7 Å². The van der Waals surface area contributed by atoms with Gasteiger partial charge in [-0.25, -0.2) is 0 Å². The fourth-order valence-corrected chi connectivity index (χ4v) is 4.11. The van der Waals surface area contributed by atoms with Gasteiger partial charge in [0, 0.05) is 56.3 Å². The lowest BCUT2D eigenvalue weighted by molar-refractivity contribution is -0.170. The van der Waals surface area contributed by atoms with Gasteiger partial charge in [-0.3, -0.25) is 4.79 Å². The maximum atomic E-state index is 13.2. The van der Waals surface area contributed by atoms with Crippen molar-refractivity contribution in [3.63, 3.8) is 0 Å². The van der Waals surface area contributed by atoms with Crippen LogP contribution >= 0.6 is 11.6 Å². The van der Waals surface area contributed by atoms with Crippen molar-refractivity contribution in [2.24, 2.45) is 5.92 Å². The van der Waals surface area contributed by atoms with Gasteiger partial charge < -0.3 is 24.4 Å². The van der Waals surface area contributed by atoms with Crippen LogP contribution in [-0.4, -0.2) is 73.5 Å². The third kappa shape index (κ3) is 5.51. The summed E-state index contributed by atoms with van der Waals surface area (Å²) in [7, 11) is 2.06. The molecule has 1 N–H and O–H groups in total. The van der Waals surface area contributed by atoms with Crippen molar-refractivity contribution in [3.8, 4) is 0 Å². The molecular weight excluding hydrogens is 392 g/mol. The first-order valence-corrected chi connectivity index (χ1v) is 10.8. The lowest BCUT2D eigenvalue weighted by Gasteiger charge is -2.39. The van der Waals surface area contributed by atoms with E-state index >= 15 is 0 Å². The number of allylic oxidation sites excluding steroid dienone is 1. The average molecular weight is 423 g/mol. The van der Waals surface area contributed by atoms with Crippen LogP contribution in [-0.2, 0) is 14.3 Å². The number of halogens is 1. The van der Waals surface area contributed by atoms with Crippen molar-refractivity contribution in [1.29, 1.82) is 0 Å². The first kappa shape index (κ1) is 22.1. The van der Waals surface area contributed by atoms with E-state index in [-0.39, 0.29) is 24.3 Å². The number of nitrogens with zero attached hydrogens (tertiary/aromatic N) is 2. The van der Waals surface area contributed by atoms with Gasteiger partial charge in [-0.05, 0) is 50.6 Å². The Bertz CT molecular complexity index is 701. The summed E-state index contributed by atoms with van der Waals surface area (Å²) in [6, 6.07) is 7.70. The lowest BCUT2D eigenvalue weighted by Crippen LogP contribution is -2.49. The van der Waals surface area contributed by atoms with E-state index in [4.69, 9.17) is 21.1 Å². The topological polar surface area (TPSA) is 62.2 Å². The Balaban J connectivity index is 1.90. The second-order valence-electron chi connectivity index (χ2n) is 7.68. The highest BCUT2D eigenvalue weighted by molar-refractivity contribution is 6.30. The first-order chi connectivity index (χ1) is 14.0. The van der Waals surface area contributed by atoms with Crippen molar-refractivity contribution in [1.82, 2.24) is 9.80 Å². The molecule has 0 saturated carbocycles. The average Bonchev–Trinajstić information content (AvgIpc) is 2.73. The zero-order chi connectivity index (χ0) is 20.8. The van der Waals surface area contributed by atoms with Gasteiger partial charge in [-0.15, -0.1) is 0 Å². The maximum Gasteiger partial charge on any atom is 0.288 e. The van der Waals surface area contributed by atoms with Crippen LogP contribution in [0.4, 0.5) is 0 Å². The Morgan fingerprint density at radius 2 is 1.93 bits per heavy atom. The van der Waals surface area contributed by atoms with Crippen LogP contribution in [0.3, 0.4) is 0 Å². The molecule has 0 bridgehead atoms. The van der Waals surface area contributed by atoms with Crippen LogP contribution < -0.4 is 0 Å². The molecule has 1 saturated heterocycles. The molecule has 7 heteroatoms. The van der Waals surface area contributed by atoms with Crippen LogP contribution in [0.5, 0.6) is 0 Å². The Labute approximate surface area is 178 Å². The summed E-state index contributed by atoms with van der Waals surface area (Å²) >= 11 is 6.08. The molecule has 2 aliphatic rings. The van der Waals surface area contributed by atoms with Crippen molar-refractivity contribution in [2.45, 2.75) is 32.0 Å². The zero-order valence-electron chi connectivity index (χ0n) is 17.2. The molecule has 0 aromatic heterocycles. The number of benzene rings is 1. The Kier molecular flexibility index (Phi) is 7.95. The van der Waals surface area contributed by atoms with Crippen LogP contribution in [0.2, 0.25) is 5.02 Å². The third-order valence-electron chi connectivity index (χ3n) is 5.67. The SMILES string of the molecule is CCO[C@H]1OC(C(=O)N2CCN(C)CC2)=C[C@@H](c2ccc(Cl)cc2)[C@H]1CCCO. The molecule has 1 aromatic rings. The van der Waals surface area contributed by atoms with Crippen molar-refractivity contribution in [3.05, 3.63) is 46.7 Å². The standard InChI is InChI=1S/C22H31ClN2O4/c1-3-28-22-18(5-4-14-26)19(16-6-8-17(23)9-7-16)15-20(29-22)21(27)25-12-10-24(2)11-13-25/h6-9,15,18-19,22,26H,3-5,10-14H2,1-2H3/t18-,19+,22+/m1/s1. The highest BCUT2D eigenvalue weighted by Crippen LogP contribution is 2.40. The van der Waals surface area contributed by atoms with Gasteiger partial charge in [0.05, 0.1) is 0 Å². The van der Waals surface area contributed by atoms with E-state index in [0.717, 1.165) is 25.1 Å². The molecule has 3 rings (SSSR count). The Hall–Kier alpha value is -1.60. The summed E-state index contributed by atoms with van der Waals surface area (Å²) in [6.45, 7) is 5.61. The van der Waals surface area contributed by atoms with Crippen LogP contribution in [0, 0.1) is 5.92 Å². The number of aliphatic hydroxyl groups excluding tert-OH is 1. The summed E-state index contributed by atoms with van der Waals surface area (Å²) in [5.74, 6) is 0.235. The number of rotatable bonds is 7. The quantitative estimate of drug-likeness (QED) is 0.732. The molecule has 29 heavy (non-hydrogen) atoms. The smallest absolute Gasteiger partial charge is 0.288 e. The normalized spacial score (nSPS) is 25.4. The molecule has 1 fully saturated rings. The number of aliphatic hydroxyl groups is 1.